The van der Waals surface area contributed by atoms with E-state index in [-0.39, 0.29) is 5.75 Å². The second kappa shape index (κ2) is 8.79. The Kier molecular flexibility index (Phi) is 5.76. The number of hydrogen-bond acceptors (Lipinski definition) is 4. The van der Waals surface area contributed by atoms with Crippen LogP contribution in [0, 0.1) is 0 Å². The molecule has 0 radical (unpaired) electrons. The maximum absolute atomic E-state index is 9.94. The first kappa shape index (κ1) is 20.3. The lowest BCUT2D eigenvalue weighted by atomic mass is 10.0. The molecule has 0 unspecified atom stereocenters. The molecule has 0 aliphatic heterocycles. The van der Waals surface area contributed by atoms with Gasteiger partial charge in [0.25, 0.3) is 0 Å². The summed E-state index contributed by atoms with van der Waals surface area (Å²) in [6.07, 6.45) is 3.98. The third-order valence-corrected chi connectivity index (χ3v) is 4.98. The van der Waals surface area contributed by atoms with Gasteiger partial charge in [-0.05, 0) is 42.0 Å². The molecule has 0 bridgehead atoms. The van der Waals surface area contributed by atoms with Gasteiger partial charge in [0, 0.05) is 5.56 Å². The Morgan fingerprint density at radius 3 is 2.13 bits per heavy atom. The van der Waals surface area contributed by atoms with E-state index < -0.39 is 0 Å². The highest BCUT2D eigenvalue weighted by Gasteiger charge is 2.19. The van der Waals surface area contributed by atoms with Crippen LogP contribution in [0.5, 0.6) is 23.0 Å². The Morgan fingerprint density at radius 1 is 0.774 bits per heavy atom. The fraction of sp³-hybridized carbons (Fsp3) is 0.115. The molecule has 0 saturated heterocycles. The predicted molar refractivity (Wildman–Crippen MR) is 123 cm³/mol. The molecule has 5 heteroatoms. The molecule has 0 spiro atoms. The van der Waals surface area contributed by atoms with E-state index in [1.165, 1.54) is 0 Å². The van der Waals surface area contributed by atoms with E-state index in [2.05, 4.69) is 0 Å². The largest absolute Gasteiger partial charge is 0.508 e. The lowest BCUT2D eigenvalue weighted by molar-refractivity contribution is 0.324. The van der Waals surface area contributed by atoms with Crippen molar-refractivity contribution in [3.05, 3.63) is 77.9 Å². The van der Waals surface area contributed by atoms with Crippen LogP contribution in [0.1, 0.15) is 11.1 Å². The first-order valence-corrected chi connectivity index (χ1v) is 9.76. The van der Waals surface area contributed by atoms with Crippen molar-refractivity contribution in [2.24, 2.45) is 0 Å². The summed E-state index contributed by atoms with van der Waals surface area (Å²) >= 11 is 0. The molecule has 5 nitrogen and oxygen atoms in total. The summed E-state index contributed by atoms with van der Waals surface area (Å²) in [5, 5.41) is 10.8. The van der Waals surface area contributed by atoms with Crippen LogP contribution in [0.15, 0.2) is 71.1 Å². The van der Waals surface area contributed by atoms with Crippen molar-refractivity contribution in [1.82, 2.24) is 0 Å². The smallest absolute Gasteiger partial charge is 0.365 e. The molecule has 0 atom stereocenters. The van der Waals surface area contributed by atoms with Crippen LogP contribution in [-0.4, -0.2) is 26.4 Å². The number of benzene rings is 3. The number of phenolic OH excluding ortho intramolecular Hbond substituents is 1. The Labute approximate surface area is 180 Å². The van der Waals surface area contributed by atoms with Crippen molar-refractivity contribution in [2.75, 3.05) is 21.3 Å². The molecule has 0 saturated carbocycles. The van der Waals surface area contributed by atoms with Crippen LogP contribution in [0.2, 0.25) is 0 Å². The molecule has 1 N–H and O–H groups in total. The maximum atomic E-state index is 9.94. The number of aromatic hydroxyl groups is 1. The Hall–Kier alpha value is -3.99. The Bertz CT molecular complexity index is 1220. The molecule has 3 aromatic carbocycles. The zero-order valence-corrected chi connectivity index (χ0v) is 17.6. The monoisotopic (exact) mass is 415 g/mol. The summed E-state index contributed by atoms with van der Waals surface area (Å²) in [6.45, 7) is 0. The first-order valence-electron chi connectivity index (χ1n) is 9.76. The van der Waals surface area contributed by atoms with Gasteiger partial charge in [0.15, 0.2) is 11.5 Å². The summed E-state index contributed by atoms with van der Waals surface area (Å²) in [6, 6.07) is 20.7. The van der Waals surface area contributed by atoms with Gasteiger partial charge in [-0.3, -0.25) is 0 Å². The van der Waals surface area contributed by atoms with E-state index in [0.29, 0.717) is 28.6 Å². The Morgan fingerprint density at radius 2 is 1.48 bits per heavy atom. The topological polar surface area (TPSA) is 59.2 Å². The molecule has 0 amide bonds. The fourth-order valence-corrected chi connectivity index (χ4v) is 3.47. The van der Waals surface area contributed by atoms with Crippen molar-refractivity contribution in [1.29, 1.82) is 0 Å². The van der Waals surface area contributed by atoms with Crippen LogP contribution in [0.3, 0.4) is 0 Å². The van der Waals surface area contributed by atoms with Gasteiger partial charge in [-0.2, -0.15) is 0 Å². The van der Waals surface area contributed by atoms with Gasteiger partial charge in [0.1, 0.15) is 5.75 Å². The second-order valence-corrected chi connectivity index (χ2v) is 6.90. The van der Waals surface area contributed by atoms with Gasteiger partial charge in [-0.1, -0.05) is 30.4 Å². The quantitative estimate of drug-likeness (QED) is 0.375. The molecule has 0 fully saturated rings. The number of methoxy groups -OCH3 is 3. The molecule has 156 valence electrons. The molecule has 4 aromatic rings. The van der Waals surface area contributed by atoms with E-state index in [1.54, 1.807) is 33.5 Å². The average Bonchev–Trinajstić information content (AvgIpc) is 2.81. The lowest BCUT2D eigenvalue weighted by Gasteiger charge is -2.12. The molecule has 0 aliphatic carbocycles. The third kappa shape index (κ3) is 4.16. The highest BCUT2D eigenvalue weighted by Crippen LogP contribution is 2.39. The molecule has 1 heterocycles. The van der Waals surface area contributed by atoms with Crippen molar-refractivity contribution in [2.45, 2.75) is 0 Å². The molecule has 0 aliphatic rings. The Balaban J connectivity index is 1.83. The number of rotatable bonds is 6. The maximum Gasteiger partial charge on any atom is 0.365 e. The van der Waals surface area contributed by atoms with Gasteiger partial charge in [0.05, 0.1) is 44.4 Å². The highest BCUT2D eigenvalue weighted by molar-refractivity contribution is 5.92. The van der Waals surface area contributed by atoms with E-state index in [9.17, 15) is 5.11 Å². The summed E-state index contributed by atoms with van der Waals surface area (Å²) in [5.41, 5.74) is 3.40. The standard InChI is InChI=1S/C26H22O5/c1-28-24-13-17(14-25(29-2)26(24)30-3)9-10-19-15-22(18-7-5-4-6-8-18)31-23-16-20(27)11-12-21(19)23/h4-16H,1-3H3/p+1/b10-9+. The summed E-state index contributed by atoms with van der Waals surface area (Å²) in [4.78, 5) is 0. The molecule has 4 rings (SSSR count). The van der Waals surface area contributed by atoms with E-state index in [0.717, 1.165) is 22.1 Å². The highest BCUT2D eigenvalue weighted by atomic mass is 16.5. The molecule has 31 heavy (non-hydrogen) atoms. The molecular formula is C26H23O5+. The third-order valence-electron chi connectivity index (χ3n) is 4.98. The predicted octanol–water partition coefficient (Wildman–Crippen LogP) is 6.28. The van der Waals surface area contributed by atoms with Crippen LogP contribution < -0.4 is 14.2 Å². The van der Waals surface area contributed by atoms with Crippen molar-refractivity contribution >= 4 is 23.1 Å². The normalized spacial score (nSPS) is 11.1. The van der Waals surface area contributed by atoms with Crippen LogP contribution in [-0.2, 0) is 0 Å². The number of hydrogen-bond donors (Lipinski definition) is 1. The van der Waals surface area contributed by atoms with E-state index >= 15 is 0 Å². The fourth-order valence-electron chi connectivity index (χ4n) is 3.47. The van der Waals surface area contributed by atoms with Crippen LogP contribution in [0.25, 0.3) is 34.4 Å². The number of fused-ring (bicyclic) bond motifs is 1. The van der Waals surface area contributed by atoms with Crippen LogP contribution in [0.4, 0.5) is 0 Å². The van der Waals surface area contributed by atoms with Gasteiger partial charge >= 0.3 is 11.3 Å². The summed E-state index contributed by atoms with van der Waals surface area (Å²) in [7, 11) is 4.77. The van der Waals surface area contributed by atoms with Crippen LogP contribution >= 0.6 is 0 Å². The van der Waals surface area contributed by atoms with Crippen molar-refractivity contribution in [3.63, 3.8) is 0 Å². The summed E-state index contributed by atoms with van der Waals surface area (Å²) in [5.74, 6) is 2.59. The second-order valence-electron chi connectivity index (χ2n) is 6.90. The minimum atomic E-state index is 0.154. The minimum Gasteiger partial charge on any atom is -0.508 e. The van der Waals surface area contributed by atoms with Gasteiger partial charge in [0.2, 0.25) is 5.75 Å². The van der Waals surface area contributed by atoms with Gasteiger partial charge in [-0.25, -0.2) is 4.42 Å². The summed E-state index contributed by atoms with van der Waals surface area (Å²) < 4.78 is 22.4. The zero-order chi connectivity index (χ0) is 21.8. The van der Waals surface area contributed by atoms with E-state index in [4.69, 9.17) is 18.6 Å². The number of ether oxygens (including phenoxy) is 3. The van der Waals surface area contributed by atoms with Crippen molar-refractivity contribution in [3.8, 4) is 34.3 Å². The van der Waals surface area contributed by atoms with Crippen molar-refractivity contribution < 1.29 is 23.7 Å². The van der Waals surface area contributed by atoms with Gasteiger partial charge < -0.3 is 19.3 Å². The number of phenols is 1. The molecular weight excluding hydrogens is 392 g/mol. The zero-order valence-electron chi connectivity index (χ0n) is 17.6. The average molecular weight is 415 g/mol. The minimum absolute atomic E-state index is 0.154. The first-order chi connectivity index (χ1) is 15.1. The van der Waals surface area contributed by atoms with E-state index in [1.807, 2.05) is 66.7 Å². The SMILES string of the molecule is COc1cc(/C=C/c2cc(-c3ccccc3)[o+]c3cc(O)ccc23)cc(OC)c1OC. The molecule has 1 aromatic heterocycles. The lowest BCUT2D eigenvalue weighted by Crippen LogP contribution is -1.95. The van der Waals surface area contributed by atoms with Gasteiger partial charge in [-0.15, -0.1) is 0 Å².